The highest BCUT2D eigenvalue weighted by molar-refractivity contribution is 5.81. The van der Waals surface area contributed by atoms with Crippen LogP contribution in [0.3, 0.4) is 0 Å². The third kappa shape index (κ3) is 2.69. The van der Waals surface area contributed by atoms with Crippen LogP contribution in [0.4, 0.5) is 0 Å². The fraction of sp³-hybridized carbons (Fsp3) is 0.769. The Labute approximate surface area is 117 Å². The second-order valence-corrected chi connectivity index (χ2v) is 5.35. The average Bonchev–Trinajstić information content (AvgIpc) is 3.19. The van der Waals surface area contributed by atoms with Crippen LogP contribution in [-0.2, 0) is 20.9 Å². The number of methoxy groups -OCH3 is 1. The number of likely N-dealkylation sites (tertiary alicyclic amines) is 1. The standard InChI is InChI=1S/C13H20N4O3/c1-19-9-10-7-17(15-14-10)11-4-5-16(8-11)13(18)12-3-2-6-20-12/h7,11-12H,2-6,8-9H2,1H3. The lowest BCUT2D eigenvalue weighted by molar-refractivity contribution is -0.139. The van der Waals surface area contributed by atoms with Crippen molar-refractivity contribution in [3.63, 3.8) is 0 Å². The normalized spacial score (nSPS) is 26.4. The molecule has 2 saturated heterocycles. The first-order valence-electron chi connectivity index (χ1n) is 7.08. The molecular weight excluding hydrogens is 260 g/mol. The number of amides is 1. The maximum absolute atomic E-state index is 12.3. The molecule has 110 valence electrons. The lowest BCUT2D eigenvalue weighted by atomic mass is 10.2. The summed E-state index contributed by atoms with van der Waals surface area (Å²) < 4.78 is 12.3. The van der Waals surface area contributed by atoms with E-state index in [1.54, 1.807) is 7.11 Å². The Balaban J connectivity index is 1.59. The molecule has 7 nitrogen and oxygen atoms in total. The van der Waals surface area contributed by atoms with Crippen LogP contribution in [0.25, 0.3) is 0 Å². The van der Waals surface area contributed by atoms with Gasteiger partial charge in [0.05, 0.1) is 18.8 Å². The summed E-state index contributed by atoms with van der Waals surface area (Å²) in [4.78, 5) is 14.2. The largest absolute Gasteiger partial charge is 0.378 e. The number of ether oxygens (including phenoxy) is 2. The summed E-state index contributed by atoms with van der Waals surface area (Å²) in [6.45, 7) is 2.62. The van der Waals surface area contributed by atoms with Crippen LogP contribution in [0.15, 0.2) is 6.20 Å². The zero-order valence-electron chi connectivity index (χ0n) is 11.7. The summed E-state index contributed by atoms with van der Waals surface area (Å²) in [6, 6.07) is 0.207. The van der Waals surface area contributed by atoms with Crippen molar-refractivity contribution in [1.82, 2.24) is 19.9 Å². The molecule has 3 heterocycles. The van der Waals surface area contributed by atoms with Gasteiger partial charge in [-0.05, 0) is 19.3 Å². The highest BCUT2D eigenvalue weighted by atomic mass is 16.5. The minimum Gasteiger partial charge on any atom is -0.378 e. The highest BCUT2D eigenvalue weighted by Gasteiger charge is 2.34. The van der Waals surface area contributed by atoms with Gasteiger partial charge in [0.15, 0.2) is 0 Å². The molecule has 7 heteroatoms. The quantitative estimate of drug-likeness (QED) is 0.797. The second kappa shape index (κ2) is 5.88. The van der Waals surface area contributed by atoms with Gasteiger partial charge in [-0.3, -0.25) is 4.79 Å². The number of hydrogen-bond donors (Lipinski definition) is 0. The van der Waals surface area contributed by atoms with Gasteiger partial charge in [-0.15, -0.1) is 5.10 Å². The molecule has 2 atom stereocenters. The maximum Gasteiger partial charge on any atom is 0.251 e. The Kier molecular flexibility index (Phi) is 3.98. The molecule has 2 aliphatic rings. The molecule has 0 aliphatic carbocycles. The Morgan fingerprint density at radius 3 is 3.20 bits per heavy atom. The molecule has 1 aromatic heterocycles. The SMILES string of the molecule is COCc1cn(C2CCN(C(=O)C3CCCO3)C2)nn1. The van der Waals surface area contributed by atoms with E-state index < -0.39 is 0 Å². The van der Waals surface area contributed by atoms with E-state index in [0.717, 1.165) is 31.5 Å². The first kappa shape index (κ1) is 13.5. The number of rotatable bonds is 4. The number of hydrogen-bond acceptors (Lipinski definition) is 5. The molecule has 2 aliphatic heterocycles. The van der Waals surface area contributed by atoms with Crippen LogP contribution >= 0.6 is 0 Å². The van der Waals surface area contributed by atoms with E-state index in [1.165, 1.54) is 0 Å². The molecule has 0 aromatic carbocycles. The van der Waals surface area contributed by atoms with Crippen LogP contribution < -0.4 is 0 Å². The summed E-state index contributed by atoms with van der Waals surface area (Å²) in [7, 11) is 1.64. The molecule has 0 saturated carbocycles. The summed E-state index contributed by atoms with van der Waals surface area (Å²) >= 11 is 0. The third-order valence-corrected chi connectivity index (χ3v) is 3.90. The zero-order chi connectivity index (χ0) is 13.9. The summed E-state index contributed by atoms with van der Waals surface area (Å²) in [5.41, 5.74) is 0.816. The van der Waals surface area contributed by atoms with Gasteiger partial charge < -0.3 is 14.4 Å². The predicted octanol–water partition coefficient (Wildman–Crippen LogP) is 0.377. The van der Waals surface area contributed by atoms with Gasteiger partial charge in [0, 0.05) is 26.8 Å². The highest BCUT2D eigenvalue weighted by Crippen LogP contribution is 2.24. The Bertz CT molecular complexity index is 470. The smallest absolute Gasteiger partial charge is 0.251 e. The van der Waals surface area contributed by atoms with Crippen LogP contribution in [0, 0.1) is 0 Å². The van der Waals surface area contributed by atoms with Crippen LogP contribution in [0.2, 0.25) is 0 Å². The molecule has 1 amide bonds. The van der Waals surface area contributed by atoms with Crippen molar-refractivity contribution in [1.29, 1.82) is 0 Å². The van der Waals surface area contributed by atoms with Gasteiger partial charge in [0.1, 0.15) is 11.8 Å². The Morgan fingerprint density at radius 1 is 1.55 bits per heavy atom. The number of aromatic nitrogens is 3. The molecule has 2 fully saturated rings. The monoisotopic (exact) mass is 280 g/mol. The zero-order valence-corrected chi connectivity index (χ0v) is 11.7. The fourth-order valence-corrected chi connectivity index (χ4v) is 2.84. The van der Waals surface area contributed by atoms with Gasteiger partial charge in [0.2, 0.25) is 0 Å². The summed E-state index contributed by atoms with van der Waals surface area (Å²) in [5, 5.41) is 8.18. The number of nitrogens with zero attached hydrogens (tertiary/aromatic N) is 4. The van der Waals surface area contributed by atoms with Crippen LogP contribution in [0.1, 0.15) is 31.0 Å². The molecule has 1 aromatic rings. The molecular formula is C13H20N4O3. The molecule has 0 radical (unpaired) electrons. The van der Waals surface area contributed by atoms with Crippen molar-refractivity contribution in [2.24, 2.45) is 0 Å². The number of carbonyl (C=O) groups is 1. The first-order valence-corrected chi connectivity index (χ1v) is 7.08. The van der Waals surface area contributed by atoms with Crippen LogP contribution in [-0.4, -0.2) is 58.7 Å². The third-order valence-electron chi connectivity index (χ3n) is 3.90. The molecule has 0 bridgehead atoms. The molecule has 20 heavy (non-hydrogen) atoms. The Hall–Kier alpha value is -1.47. The van der Waals surface area contributed by atoms with Gasteiger partial charge >= 0.3 is 0 Å². The van der Waals surface area contributed by atoms with E-state index >= 15 is 0 Å². The molecule has 2 unspecified atom stereocenters. The van der Waals surface area contributed by atoms with Gasteiger partial charge in [0.25, 0.3) is 5.91 Å². The van der Waals surface area contributed by atoms with E-state index in [-0.39, 0.29) is 18.1 Å². The number of carbonyl (C=O) groups excluding carboxylic acids is 1. The maximum atomic E-state index is 12.3. The Morgan fingerprint density at radius 2 is 2.45 bits per heavy atom. The minimum atomic E-state index is -0.228. The van der Waals surface area contributed by atoms with Crippen LogP contribution in [0.5, 0.6) is 0 Å². The summed E-state index contributed by atoms with van der Waals surface area (Å²) in [6.07, 6.45) is 4.41. The van der Waals surface area contributed by atoms with Gasteiger partial charge in [-0.25, -0.2) is 4.68 Å². The van der Waals surface area contributed by atoms with Crippen molar-refractivity contribution in [3.8, 4) is 0 Å². The lowest BCUT2D eigenvalue weighted by Crippen LogP contribution is -2.37. The van der Waals surface area contributed by atoms with E-state index in [1.807, 2.05) is 15.8 Å². The van der Waals surface area contributed by atoms with Crippen molar-refractivity contribution in [2.75, 3.05) is 26.8 Å². The average molecular weight is 280 g/mol. The molecule has 0 spiro atoms. The van der Waals surface area contributed by atoms with Crippen molar-refractivity contribution < 1.29 is 14.3 Å². The van der Waals surface area contributed by atoms with Crippen molar-refractivity contribution in [2.45, 2.75) is 38.0 Å². The van der Waals surface area contributed by atoms with E-state index in [0.29, 0.717) is 19.8 Å². The first-order chi connectivity index (χ1) is 9.78. The van der Waals surface area contributed by atoms with Crippen molar-refractivity contribution in [3.05, 3.63) is 11.9 Å². The van der Waals surface area contributed by atoms with E-state index in [2.05, 4.69) is 10.3 Å². The van der Waals surface area contributed by atoms with Gasteiger partial charge in [-0.1, -0.05) is 5.21 Å². The van der Waals surface area contributed by atoms with E-state index in [4.69, 9.17) is 9.47 Å². The lowest BCUT2D eigenvalue weighted by Gasteiger charge is -2.19. The van der Waals surface area contributed by atoms with Gasteiger partial charge in [-0.2, -0.15) is 0 Å². The predicted molar refractivity (Wildman–Crippen MR) is 69.9 cm³/mol. The molecule has 0 N–H and O–H groups in total. The second-order valence-electron chi connectivity index (χ2n) is 5.35. The fourth-order valence-electron chi connectivity index (χ4n) is 2.84. The van der Waals surface area contributed by atoms with E-state index in [9.17, 15) is 4.79 Å². The van der Waals surface area contributed by atoms with Crippen molar-refractivity contribution >= 4 is 5.91 Å². The molecule has 3 rings (SSSR count). The topological polar surface area (TPSA) is 69.5 Å². The minimum absolute atomic E-state index is 0.127. The summed E-state index contributed by atoms with van der Waals surface area (Å²) in [5.74, 6) is 0.127.